The summed E-state index contributed by atoms with van der Waals surface area (Å²) in [6.45, 7) is 5.43. The number of nitrogens with zero attached hydrogens (tertiary/aromatic N) is 3. The van der Waals surface area contributed by atoms with Crippen LogP contribution in [0.1, 0.15) is 18.1 Å². The highest BCUT2D eigenvalue weighted by molar-refractivity contribution is 6.02. The lowest BCUT2D eigenvalue weighted by atomic mass is 10.1. The van der Waals surface area contributed by atoms with Crippen LogP contribution >= 0.6 is 0 Å². The molecule has 7 heteroatoms. The third-order valence-corrected chi connectivity index (χ3v) is 3.48. The molecular weight excluding hydrogens is 284 g/mol. The van der Waals surface area contributed by atoms with Crippen LogP contribution in [0.25, 0.3) is 0 Å². The van der Waals surface area contributed by atoms with Gasteiger partial charge in [-0.3, -0.25) is 10.1 Å². The number of amides is 3. The second-order valence-electron chi connectivity index (χ2n) is 5.00. The Balaban J connectivity index is 2.13. The molecule has 0 unspecified atom stereocenters. The average Bonchev–Trinajstić information content (AvgIpc) is 2.81. The number of anilines is 1. The van der Waals surface area contributed by atoms with Crippen LogP contribution in [0.3, 0.4) is 0 Å². The molecule has 0 saturated carbocycles. The summed E-state index contributed by atoms with van der Waals surface area (Å²) >= 11 is 0. The minimum atomic E-state index is -0.504. The first-order valence-corrected chi connectivity index (χ1v) is 7.17. The minimum absolute atomic E-state index is 0.0490. The van der Waals surface area contributed by atoms with Gasteiger partial charge in [0.25, 0.3) is 0 Å². The third-order valence-electron chi connectivity index (χ3n) is 3.48. The van der Waals surface area contributed by atoms with Gasteiger partial charge < -0.3 is 10.0 Å². The first-order valence-electron chi connectivity index (χ1n) is 7.17. The Morgan fingerprint density at radius 1 is 1.45 bits per heavy atom. The van der Waals surface area contributed by atoms with Crippen molar-refractivity contribution >= 4 is 23.8 Å². The molecule has 2 rings (SSSR count). The van der Waals surface area contributed by atoms with E-state index in [9.17, 15) is 9.59 Å². The Labute approximate surface area is 129 Å². The summed E-state index contributed by atoms with van der Waals surface area (Å²) in [5.74, 6) is -0.350. The molecule has 1 heterocycles. The highest BCUT2D eigenvalue weighted by atomic mass is 16.3. The van der Waals surface area contributed by atoms with Crippen LogP contribution < -0.4 is 10.2 Å². The number of hydrazone groups is 1. The lowest BCUT2D eigenvalue weighted by Crippen LogP contribution is -2.26. The summed E-state index contributed by atoms with van der Waals surface area (Å²) in [4.78, 5) is 24.5. The SMILES string of the molecule is CCN(CCO)c1ccc(/C=N\N2CC(=O)NC2=O)c(C)c1. The lowest BCUT2D eigenvalue weighted by Gasteiger charge is -2.22. The van der Waals surface area contributed by atoms with E-state index in [4.69, 9.17) is 5.11 Å². The van der Waals surface area contributed by atoms with E-state index in [1.165, 1.54) is 0 Å². The molecule has 22 heavy (non-hydrogen) atoms. The number of aryl methyl sites for hydroxylation is 1. The molecule has 0 spiro atoms. The quantitative estimate of drug-likeness (QED) is 0.598. The van der Waals surface area contributed by atoms with Crippen molar-refractivity contribution in [3.05, 3.63) is 29.3 Å². The number of aliphatic hydroxyl groups is 1. The Bertz CT molecular complexity index is 600. The van der Waals surface area contributed by atoms with E-state index in [1.54, 1.807) is 6.21 Å². The zero-order chi connectivity index (χ0) is 16.1. The van der Waals surface area contributed by atoms with E-state index < -0.39 is 6.03 Å². The van der Waals surface area contributed by atoms with E-state index in [0.29, 0.717) is 6.54 Å². The van der Waals surface area contributed by atoms with Crippen LogP contribution in [-0.4, -0.2) is 54.5 Å². The number of hydrogen-bond acceptors (Lipinski definition) is 5. The van der Waals surface area contributed by atoms with E-state index in [0.717, 1.165) is 28.4 Å². The van der Waals surface area contributed by atoms with Gasteiger partial charge in [0, 0.05) is 18.8 Å². The number of imide groups is 1. The summed E-state index contributed by atoms with van der Waals surface area (Å²) in [7, 11) is 0. The number of benzene rings is 1. The molecule has 1 aliphatic rings. The zero-order valence-corrected chi connectivity index (χ0v) is 12.7. The predicted octanol–water partition coefficient (Wildman–Crippen LogP) is 0.699. The molecule has 0 atom stereocenters. The number of aliphatic hydroxyl groups excluding tert-OH is 1. The number of rotatable bonds is 6. The minimum Gasteiger partial charge on any atom is -0.395 e. The average molecular weight is 304 g/mol. The highest BCUT2D eigenvalue weighted by Crippen LogP contribution is 2.18. The maximum atomic E-state index is 11.4. The number of likely N-dealkylation sites (N-methyl/N-ethyl adjacent to an activating group) is 1. The maximum Gasteiger partial charge on any atom is 0.344 e. The first-order chi connectivity index (χ1) is 10.5. The molecule has 3 amide bonds. The van der Waals surface area contributed by atoms with Crippen LogP contribution in [0.15, 0.2) is 23.3 Å². The van der Waals surface area contributed by atoms with Crippen LogP contribution in [0.2, 0.25) is 0 Å². The van der Waals surface area contributed by atoms with Gasteiger partial charge in [0.05, 0.1) is 12.8 Å². The van der Waals surface area contributed by atoms with Crippen LogP contribution in [-0.2, 0) is 4.79 Å². The highest BCUT2D eigenvalue weighted by Gasteiger charge is 2.25. The van der Waals surface area contributed by atoms with Crippen molar-refractivity contribution in [3.63, 3.8) is 0 Å². The van der Waals surface area contributed by atoms with Crippen molar-refractivity contribution in [1.82, 2.24) is 10.3 Å². The standard InChI is InChI=1S/C15H20N4O3/c1-3-18(6-7-20)13-5-4-12(11(2)8-13)9-16-19-10-14(21)17-15(19)22/h4-5,8-9,20H,3,6-7,10H2,1-2H3,(H,17,21,22)/b16-9-. The Morgan fingerprint density at radius 2 is 2.23 bits per heavy atom. The van der Waals surface area contributed by atoms with Gasteiger partial charge in [-0.2, -0.15) is 5.10 Å². The molecule has 7 nitrogen and oxygen atoms in total. The summed E-state index contributed by atoms with van der Waals surface area (Å²) in [5, 5.41) is 16.4. The van der Waals surface area contributed by atoms with Crippen LogP contribution in [0.5, 0.6) is 0 Å². The first kappa shape index (κ1) is 16.0. The number of urea groups is 1. The monoisotopic (exact) mass is 304 g/mol. The van der Waals surface area contributed by atoms with Crippen molar-refractivity contribution in [2.45, 2.75) is 13.8 Å². The van der Waals surface area contributed by atoms with E-state index in [-0.39, 0.29) is 19.1 Å². The molecule has 2 N–H and O–H groups in total. The Hall–Kier alpha value is -2.41. The topological polar surface area (TPSA) is 85.2 Å². The molecule has 0 bridgehead atoms. The van der Waals surface area contributed by atoms with Gasteiger partial charge in [-0.1, -0.05) is 6.07 Å². The number of hydrogen-bond donors (Lipinski definition) is 2. The number of carbonyl (C=O) groups excluding carboxylic acids is 2. The summed E-state index contributed by atoms with van der Waals surface area (Å²) in [6.07, 6.45) is 1.57. The van der Waals surface area contributed by atoms with Crippen molar-refractivity contribution < 1.29 is 14.7 Å². The largest absolute Gasteiger partial charge is 0.395 e. The van der Waals surface area contributed by atoms with Gasteiger partial charge >= 0.3 is 6.03 Å². The van der Waals surface area contributed by atoms with E-state index in [1.807, 2.05) is 32.0 Å². The Morgan fingerprint density at radius 3 is 2.77 bits per heavy atom. The van der Waals surface area contributed by atoms with Gasteiger partial charge in [0.2, 0.25) is 5.91 Å². The normalized spacial score (nSPS) is 14.8. The lowest BCUT2D eigenvalue weighted by molar-refractivity contribution is -0.118. The molecular formula is C15H20N4O3. The van der Waals surface area contributed by atoms with Crippen molar-refractivity contribution in [3.8, 4) is 0 Å². The molecule has 1 aromatic carbocycles. The summed E-state index contributed by atoms with van der Waals surface area (Å²) < 4.78 is 0. The summed E-state index contributed by atoms with van der Waals surface area (Å²) in [5.41, 5.74) is 2.90. The molecule has 0 radical (unpaired) electrons. The van der Waals surface area contributed by atoms with Gasteiger partial charge in [0.15, 0.2) is 0 Å². The second kappa shape index (κ2) is 7.04. The van der Waals surface area contributed by atoms with Gasteiger partial charge in [-0.05, 0) is 37.1 Å². The Kier molecular flexibility index (Phi) is 5.11. The second-order valence-corrected chi connectivity index (χ2v) is 5.00. The van der Waals surface area contributed by atoms with Crippen molar-refractivity contribution in [2.75, 3.05) is 31.1 Å². The smallest absolute Gasteiger partial charge is 0.344 e. The van der Waals surface area contributed by atoms with E-state index in [2.05, 4.69) is 15.3 Å². The molecule has 1 saturated heterocycles. The third kappa shape index (κ3) is 3.62. The molecule has 1 aliphatic heterocycles. The zero-order valence-electron chi connectivity index (χ0n) is 12.7. The van der Waals surface area contributed by atoms with Crippen molar-refractivity contribution in [1.29, 1.82) is 0 Å². The fourth-order valence-electron chi connectivity index (χ4n) is 2.25. The fraction of sp³-hybridized carbons (Fsp3) is 0.400. The molecule has 1 aromatic rings. The summed E-state index contributed by atoms with van der Waals surface area (Å²) in [6, 6.07) is 5.36. The molecule has 1 fully saturated rings. The van der Waals surface area contributed by atoms with Crippen LogP contribution in [0, 0.1) is 6.92 Å². The van der Waals surface area contributed by atoms with Crippen LogP contribution in [0.4, 0.5) is 10.5 Å². The molecule has 0 aromatic heterocycles. The van der Waals surface area contributed by atoms with Gasteiger partial charge in [0.1, 0.15) is 6.54 Å². The molecule has 0 aliphatic carbocycles. The van der Waals surface area contributed by atoms with Crippen molar-refractivity contribution in [2.24, 2.45) is 5.10 Å². The predicted molar refractivity (Wildman–Crippen MR) is 84.0 cm³/mol. The van der Waals surface area contributed by atoms with E-state index >= 15 is 0 Å². The number of carbonyl (C=O) groups is 2. The van der Waals surface area contributed by atoms with Gasteiger partial charge in [-0.15, -0.1) is 0 Å². The van der Waals surface area contributed by atoms with Gasteiger partial charge in [-0.25, -0.2) is 9.80 Å². The fourth-order valence-corrected chi connectivity index (χ4v) is 2.25. The molecule has 118 valence electrons. The maximum absolute atomic E-state index is 11.4. The number of nitrogens with one attached hydrogen (secondary N) is 1.